The molecule has 0 aliphatic rings. The first kappa shape index (κ1) is 10.6. The molecule has 1 aromatic carbocycles. The Labute approximate surface area is 101 Å². The third kappa shape index (κ3) is 2.38. The Kier molecular flexibility index (Phi) is 3.07. The number of nitrogens with zero attached hydrogens (tertiary/aromatic N) is 1. The summed E-state index contributed by atoms with van der Waals surface area (Å²) in [6.07, 6.45) is 2.73. The molecule has 0 radical (unpaired) electrons. The van der Waals surface area contributed by atoms with Crippen molar-refractivity contribution in [1.29, 1.82) is 0 Å². The molecule has 1 aromatic heterocycles. The Morgan fingerprint density at radius 2 is 2.27 bits per heavy atom. The van der Waals surface area contributed by atoms with E-state index in [9.17, 15) is 0 Å². The van der Waals surface area contributed by atoms with E-state index < -0.39 is 0 Å². The number of nitrogens with two attached hydrogens (primary N) is 1. The van der Waals surface area contributed by atoms with E-state index in [1.165, 1.54) is 20.5 Å². The highest BCUT2D eigenvalue weighted by Gasteiger charge is 2.05. The molecule has 2 rings (SSSR count). The normalized spacial score (nSPS) is 10.5. The molecule has 0 amide bonds. The van der Waals surface area contributed by atoms with Gasteiger partial charge in [-0.05, 0) is 18.1 Å². The first-order valence-electron chi connectivity index (χ1n) is 4.61. The number of rotatable bonds is 2. The van der Waals surface area contributed by atoms with Crippen molar-refractivity contribution in [2.75, 3.05) is 5.73 Å². The number of nitrogen functional groups attached to an aromatic ring is 1. The summed E-state index contributed by atoms with van der Waals surface area (Å²) in [7, 11) is 0. The third-order valence-corrected chi connectivity index (χ3v) is 4.17. The van der Waals surface area contributed by atoms with Crippen LogP contribution in [0.2, 0.25) is 0 Å². The van der Waals surface area contributed by atoms with Crippen LogP contribution >= 0.6 is 27.3 Å². The lowest BCUT2D eigenvalue weighted by Gasteiger charge is -2.04. The molecule has 4 heteroatoms. The van der Waals surface area contributed by atoms with Gasteiger partial charge in [0, 0.05) is 22.0 Å². The summed E-state index contributed by atoms with van der Waals surface area (Å²) < 4.78 is 1.18. The van der Waals surface area contributed by atoms with Crippen LogP contribution in [0.25, 0.3) is 0 Å². The van der Waals surface area contributed by atoms with Crippen molar-refractivity contribution in [3.8, 4) is 0 Å². The molecule has 2 N–H and O–H groups in total. The fourth-order valence-electron chi connectivity index (χ4n) is 1.44. The van der Waals surface area contributed by atoms with Gasteiger partial charge in [0.15, 0.2) is 5.13 Å². The summed E-state index contributed by atoms with van der Waals surface area (Å²) >= 11 is 5.14. The van der Waals surface area contributed by atoms with E-state index in [2.05, 4.69) is 46.0 Å². The van der Waals surface area contributed by atoms with E-state index in [0.717, 1.165) is 6.42 Å². The molecule has 0 atom stereocenters. The Bertz CT molecular complexity index is 479. The van der Waals surface area contributed by atoms with E-state index >= 15 is 0 Å². The summed E-state index contributed by atoms with van der Waals surface area (Å²) in [6.45, 7) is 2.09. The number of halogens is 1. The molecular weight excluding hydrogens is 272 g/mol. The monoisotopic (exact) mass is 282 g/mol. The van der Waals surface area contributed by atoms with Crippen molar-refractivity contribution in [3.63, 3.8) is 0 Å². The molecule has 0 spiro atoms. The van der Waals surface area contributed by atoms with Crippen molar-refractivity contribution < 1.29 is 0 Å². The van der Waals surface area contributed by atoms with Gasteiger partial charge in [0.2, 0.25) is 0 Å². The van der Waals surface area contributed by atoms with Gasteiger partial charge in [-0.1, -0.05) is 34.1 Å². The largest absolute Gasteiger partial charge is 0.375 e. The topological polar surface area (TPSA) is 38.9 Å². The highest BCUT2D eigenvalue weighted by molar-refractivity contribution is 9.10. The van der Waals surface area contributed by atoms with Crippen LogP contribution in [0.1, 0.15) is 16.0 Å². The van der Waals surface area contributed by atoms with Gasteiger partial charge >= 0.3 is 0 Å². The second-order valence-electron chi connectivity index (χ2n) is 3.39. The van der Waals surface area contributed by atoms with Crippen LogP contribution in [0, 0.1) is 6.92 Å². The number of hydrogen-bond acceptors (Lipinski definition) is 3. The highest BCUT2D eigenvalue weighted by atomic mass is 79.9. The van der Waals surface area contributed by atoms with Crippen LogP contribution in [0.5, 0.6) is 0 Å². The van der Waals surface area contributed by atoms with Crippen LogP contribution in [-0.2, 0) is 6.42 Å². The van der Waals surface area contributed by atoms with E-state index in [1.807, 2.05) is 6.20 Å². The van der Waals surface area contributed by atoms with Crippen molar-refractivity contribution in [1.82, 2.24) is 4.98 Å². The lowest BCUT2D eigenvalue weighted by Crippen LogP contribution is -1.88. The van der Waals surface area contributed by atoms with Gasteiger partial charge in [0.1, 0.15) is 0 Å². The molecule has 2 aromatic rings. The molecule has 0 fully saturated rings. The first-order chi connectivity index (χ1) is 7.16. The number of thiazole rings is 1. The summed E-state index contributed by atoms with van der Waals surface area (Å²) in [4.78, 5) is 5.24. The number of hydrogen-bond donors (Lipinski definition) is 1. The lowest BCUT2D eigenvalue weighted by molar-refractivity contribution is 1.19. The summed E-state index contributed by atoms with van der Waals surface area (Å²) in [6, 6.07) is 6.28. The zero-order valence-electron chi connectivity index (χ0n) is 8.33. The standard InChI is InChI=1S/C11H11BrN2S/c1-7-3-2-4-8(10(7)12)5-9-6-14-11(13)15-9/h2-4,6H,5H2,1H3,(H2,13,14). The molecule has 0 aliphatic carbocycles. The van der Waals surface area contributed by atoms with Crippen molar-refractivity contribution >= 4 is 32.4 Å². The Morgan fingerprint density at radius 3 is 2.93 bits per heavy atom. The third-order valence-electron chi connectivity index (χ3n) is 2.21. The maximum atomic E-state index is 5.60. The second kappa shape index (κ2) is 4.33. The maximum Gasteiger partial charge on any atom is 0.180 e. The number of anilines is 1. The average molecular weight is 283 g/mol. The van der Waals surface area contributed by atoms with Gasteiger partial charge in [0.05, 0.1) is 0 Å². The fourth-order valence-corrected chi connectivity index (χ4v) is 2.55. The minimum absolute atomic E-state index is 0.633. The van der Waals surface area contributed by atoms with Gasteiger partial charge in [-0.3, -0.25) is 0 Å². The predicted molar refractivity (Wildman–Crippen MR) is 68.2 cm³/mol. The quantitative estimate of drug-likeness (QED) is 0.917. The SMILES string of the molecule is Cc1cccc(Cc2cnc(N)s2)c1Br. The minimum atomic E-state index is 0.633. The van der Waals surface area contributed by atoms with Gasteiger partial charge in [0.25, 0.3) is 0 Å². The van der Waals surface area contributed by atoms with Gasteiger partial charge in [-0.15, -0.1) is 11.3 Å². The van der Waals surface area contributed by atoms with Crippen molar-refractivity contribution in [3.05, 3.63) is 44.9 Å². The molecular formula is C11H11BrN2S. The Morgan fingerprint density at radius 1 is 1.47 bits per heavy atom. The van der Waals surface area contributed by atoms with E-state index in [-0.39, 0.29) is 0 Å². The molecule has 0 saturated carbocycles. The zero-order chi connectivity index (χ0) is 10.8. The number of benzene rings is 1. The molecule has 1 heterocycles. The van der Waals surface area contributed by atoms with Gasteiger partial charge in [-0.2, -0.15) is 0 Å². The molecule has 78 valence electrons. The predicted octanol–water partition coefficient (Wildman–Crippen LogP) is 3.39. The highest BCUT2D eigenvalue weighted by Crippen LogP contribution is 2.25. The molecule has 15 heavy (non-hydrogen) atoms. The first-order valence-corrected chi connectivity index (χ1v) is 6.22. The van der Waals surface area contributed by atoms with Crippen LogP contribution in [0.3, 0.4) is 0 Å². The van der Waals surface area contributed by atoms with E-state index in [0.29, 0.717) is 5.13 Å². The summed E-state index contributed by atoms with van der Waals surface area (Å²) in [5, 5.41) is 0.633. The van der Waals surface area contributed by atoms with Gasteiger partial charge in [-0.25, -0.2) is 4.98 Å². The van der Waals surface area contributed by atoms with E-state index in [4.69, 9.17) is 5.73 Å². The maximum absolute atomic E-state index is 5.60. The molecule has 0 saturated heterocycles. The van der Waals surface area contributed by atoms with Crippen LogP contribution in [0.15, 0.2) is 28.9 Å². The van der Waals surface area contributed by atoms with E-state index in [1.54, 1.807) is 11.3 Å². The second-order valence-corrected chi connectivity index (χ2v) is 5.33. The van der Waals surface area contributed by atoms with Gasteiger partial charge < -0.3 is 5.73 Å². The number of aromatic nitrogens is 1. The van der Waals surface area contributed by atoms with Crippen LogP contribution < -0.4 is 5.73 Å². The average Bonchev–Trinajstić information content (AvgIpc) is 2.59. The van der Waals surface area contributed by atoms with Crippen LogP contribution in [0.4, 0.5) is 5.13 Å². The zero-order valence-corrected chi connectivity index (χ0v) is 10.7. The smallest absolute Gasteiger partial charge is 0.180 e. The number of aryl methyl sites for hydroxylation is 1. The van der Waals surface area contributed by atoms with Crippen molar-refractivity contribution in [2.45, 2.75) is 13.3 Å². The summed E-state index contributed by atoms with van der Waals surface area (Å²) in [5.74, 6) is 0. The minimum Gasteiger partial charge on any atom is -0.375 e. The van der Waals surface area contributed by atoms with Crippen LogP contribution in [-0.4, -0.2) is 4.98 Å². The summed E-state index contributed by atoms with van der Waals surface area (Å²) in [5.41, 5.74) is 8.13. The lowest BCUT2D eigenvalue weighted by atomic mass is 10.1. The fraction of sp³-hybridized carbons (Fsp3) is 0.182. The molecule has 0 unspecified atom stereocenters. The Balaban J connectivity index is 2.28. The molecule has 2 nitrogen and oxygen atoms in total. The van der Waals surface area contributed by atoms with Crippen molar-refractivity contribution in [2.24, 2.45) is 0 Å². The molecule has 0 aliphatic heterocycles. The molecule has 0 bridgehead atoms. The Hall–Kier alpha value is -0.870.